The van der Waals surface area contributed by atoms with Crippen molar-refractivity contribution in [2.45, 2.75) is 46.6 Å². The van der Waals surface area contributed by atoms with Crippen molar-refractivity contribution in [2.24, 2.45) is 11.8 Å². The van der Waals surface area contributed by atoms with Crippen LogP contribution in [-0.2, 0) is 6.54 Å². The zero-order valence-corrected chi connectivity index (χ0v) is 13.1. The Labute approximate surface area is 123 Å². The van der Waals surface area contributed by atoms with Gasteiger partial charge in [0.1, 0.15) is 5.82 Å². The molecule has 1 aliphatic heterocycles. The van der Waals surface area contributed by atoms with E-state index in [2.05, 4.69) is 41.0 Å². The van der Waals surface area contributed by atoms with Gasteiger partial charge >= 0.3 is 0 Å². The number of rotatable bonds is 6. The van der Waals surface area contributed by atoms with Crippen LogP contribution in [0.5, 0.6) is 0 Å². The van der Waals surface area contributed by atoms with Crippen LogP contribution in [0.1, 0.15) is 45.7 Å². The lowest BCUT2D eigenvalue weighted by atomic mass is 9.94. The predicted molar refractivity (Wildman–Crippen MR) is 83.8 cm³/mol. The third-order valence-corrected chi connectivity index (χ3v) is 4.07. The van der Waals surface area contributed by atoms with Crippen molar-refractivity contribution in [1.82, 2.24) is 15.3 Å². The van der Waals surface area contributed by atoms with E-state index in [-0.39, 0.29) is 0 Å². The number of piperidine rings is 1. The first-order valence-electron chi connectivity index (χ1n) is 7.95. The zero-order valence-electron chi connectivity index (χ0n) is 13.1. The van der Waals surface area contributed by atoms with Crippen molar-refractivity contribution in [3.05, 3.63) is 18.1 Å². The molecule has 0 bridgehead atoms. The lowest BCUT2D eigenvalue weighted by Crippen LogP contribution is -2.34. The monoisotopic (exact) mass is 276 g/mol. The van der Waals surface area contributed by atoms with Gasteiger partial charge in [0.15, 0.2) is 0 Å². The van der Waals surface area contributed by atoms with E-state index >= 15 is 0 Å². The molecule has 0 aromatic carbocycles. The Kier molecular flexibility index (Phi) is 5.77. The summed E-state index contributed by atoms with van der Waals surface area (Å²) in [5.74, 6) is 2.60. The van der Waals surface area contributed by atoms with E-state index in [9.17, 15) is 0 Å². The summed E-state index contributed by atoms with van der Waals surface area (Å²) in [5, 5.41) is 3.40. The maximum Gasteiger partial charge on any atom is 0.147 e. The van der Waals surface area contributed by atoms with Crippen LogP contribution in [-0.4, -0.2) is 29.6 Å². The Morgan fingerprint density at radius 3 is 2.55 bits per heavy atom. The predicted octanol–water partition coefficient (Wildman–Crippen LogP) is 2.85. The fraction of sp³-hybridized carbons (Fsp3) is 0.750. The number of hydrogen-bond acceptors (Lipinski definition) is 4. The molecule has 1 aliphatic rings. The molecule has 1 fully saturated rings. The van der Waals surface area contributed by atoms with E-state index in [4.69, 9.17) is 0 Å². The lowest BCUT2D eigenvalue weighted by Gasteiger charge is -2.32. The van der Waals surface area contributed by atoms with E-state index < -0.39 is 0 Å². The first-order chi connectivity index (χ1) is 9.69. The van der Waals surface area contributed by atoms with Crippen molar-refractivity contribution >= 4 is 5.82 Å². The molecule has 20 heavy (non-hydrogen) atoms. The summed E-state index contributed by atoms with van der Waals surface area (Å²) in [6, 6.07) is 0. The molecule has 0 saturated carbocycles. The molecular weight excluding hydrogens is 248 g/mol. The third kappa shape index (κ3) is 4.44. The first-order valence-corrected chi connectivity index (χ1v) is 7.95. The molecule has 0 spiro atoms. The lowest BCUT2D eigenvalue weighted by molar-refractivity contribution is 0.393. The van der Waals surface area contributed by atoms with Gasteiger partial charge in [-0.3, -0.25) is 4.98 Å². The topological polar surface area (TPSA) is 41.1 Å². The normalized spacial score (nSPS) is 16.9. The molecule has 112 valence electrons. The average Bonchev–Trinajstić information content (AvgIpc) is 2.48. The second-order valence-corrected chi connectivity index (χ2v) is 6.23. The molecule has 0 amide bonds. The minimum Gasteiger partial charge on any atom is -0.355 e. The number of hydrogen-bond donors (Lipinski definition) is 1. The Hall–Kier alpha value is -1.16. The fourth-order valence-electron chi connectivity index (χ4n) is 2.66. The molecule has 4 heteroatoms. The van der Waals surface area contributed by atoms with Crippen LogP contribution >= 0.6 is 0 Å². The molecule has 1 N–H and O–H groups in total. The molecule has 1 aromatic heterocycles. The average molecular weight is 276 g/mol. The standard InChI is InChI=1S/C16H28N4/c1-4-14-5-7-20(8-6-14)16-12-18-15(11-19-16)10-17-9-13(2)3/h11-14,17H,4-10H2,1-3H3. The summed E-state index contributed by atoms with van der Waals surface area (Å²) in [4.78, 5) is 11.5. The van der Waals surface area contributed by atoms with Gasteiger partial charge in [-0.25, -0.2) is 4.98 Å². The van der Waals surface area contributed by atoms with Crippen molar-refractivity contribution in [3.8, 4) is 0 Å². The van der Waals surface area contributed by atoms with Crippen molar-refractivity contribution < 1.29 is 0 Å². The molecule has 0 unspecified atom stereocenters. The summed E-state index contributed by atoms with van der Waals surface area (Å²) >= 11 is 0. The summed E-state index contributed by atoms with van der Waals surface area (Å²) in [6.07, 6.45) is 7.72. The minimum absolute atomic E-state index is 0.669. The Balaban J connectivity index is 1.82. The van der Waals surface area contributed by atoms with Crippen LogP contribution in [0.2, 0.25) is 0 Å². The maximum atomic E-state index is 4.57. The molecule has 0 aliphatic carbocycles. The number of nitrogens with zero attached hydrogens (tertiary/aromatic N) is 3. The number of anilines is 1. The summed E-state index contributed by atoms with van der Waals surface area (Å²) < 4.78 is 0. The second kappa shape index (κ2) is 7.58. The van der Waals surface area contributed by atoms with Gasteiger partial charge < -0.3 is 10.2 Å². The van der Waals surface area contributed by atoms with Gasteiger partial charge in [-0.1, -0.05) is 27.2 Å². The van der Waals surface area contributed by atoms with Crippen LogP contribution in [0.25, 0.3) is 0 Å². The van der Waals surface area contributed by atoms with Crippen molar-refractivity contribution in [3.63, 3.8) is 0 Å². The summed E-state index contributed by atoms with van der Waals surface area (Å²) in [7, 11) is 0. The first kappa shape index (κ1) is 15.2. The van der Waals surface area contributed by atoms with Crippen LogP contribution in [0, 0.1) is 11.8 Å². The van der Waals surface area contributed by atoms with Gasteiger partial charge in [0.25, 0.3) is 0 Å². The molecule has 0 radical (unpaired) electrons. The van der Waals surface area contributed by atoms with E-state index in [1.807, 2.05) is 12.4 Å². The largest absolute Gasteiger partial charge is 0.355 e. The van der Waals surface area contributed by atoms with Gasteiger partial charge in [0, 0.05) is 19.6 Å². The van der Waals surface area contributed by atoms with Crippen LogP contribution < -0.4 is 10.2 Å². The molecule has 1 saturated heterocycles. The summed E-state index contributed by atoms with van der Waals surface area (Å²) in [6.45, 7) is 10.8. The van der Waals surface area contributed by atoms with Gasteiger partial charge in [0.2, 0.25) is 0 Å². The second-order valence-electron chi connectivity index (χ2n) is 6.23. The molecule has 1 aromatic rings. The Morgan fingerprint density at radius 2 is 2.00 bits per heavy atom. The maximum absolute atomic E-state index is 4.57. The number of nitrogens with one attached hydrogen (secondary N) is 1. The smallest absolute Gasteiger partial charge is 0.147 e. The number of aromatic nitrogens is 2. The Morgan fingerprint density at radius 1 is 1.25 bits per heavy atom. The highest BCUT2D eigenvalue weighted by atomic mass is 15.2. The van der Waals surface area contributed by atoms with Gasteiger partial charge in [0.05, 0.1) is 18.1 Å². The molecule has 2 heterocycles. The fourth-order valence-corrected chi connectivity index (χ4v) is 2.66. The highest BCUT2D eigenvalue weighted by Crippen LogP contribution is 2.23. The van der Waals surface area contributed by atoms with Gasteiger partial charge in [-0.05, 0) is 31.2 Å². The van der Waals surface area contributed by atoms with Crippen molar-refractivity contribution in [2.75, 3.05) is 24.5 Å². The molecule has 0 atom stereocenters. The molecule has 4 nitrogen and oxygen atoms in total. The molecule has 2 rings (SSSR count). The van der Waals surface area contributed by atoms with E-state index in [1.165, 1.54) is 19.3 Å². The summed E-state index contributed by atoms with van der Waals surface area (Å²) in [5.41, 5.74) is 1.03. The van der Waals surface area contributed by atoms with E-state index in [0.29, 0.717) is 5.92 Å². The SMILES string of the molecule is CCC1CCN(c2cnc(CNCC(C)C)cn2)CC1. The van der Waals surface area contributed by atoms with Gasteiger partial charge in [-0.2, -0.15) is 0 Å². The third-order valence-electron chi connectivity index (χ3n) is 4.07. The van der Waals surface area contributed by atoms with Gasteiger partial charge in [-0.15, -0.1) is 0 Å². The van der Waals surface area contributed by atoms with Crippen LogP contribution in [0.4, 0.5) is 5.82 Å². The Bertz CT molecular complexity index is 380. The molecular formula is C16H28N4. The highest BCUT2D eigenvalue weighted by molar-refractivity contribution is 5.36. The van der Waals surface area contributed by atoms with Crippen LogP contribution in [0.15, 0.2) is 12.4 Å². The van der Waals surface area contributed by atoms with Crippen molar-refractivity contribution in [1.29, 1.82) is 0 Å². The quantitative estimate of drug-likeness (QED) is 0.867. The highest BCUT2D eigenvalue weighted by Gasteiger charge is 2.18. The minimum atomic E-state index is 0.669. The van der Waals surface area contributed by atoms with E-state index in [1.54, 1.807) is 0 Å². The van der Waals surface area contributed by atoms with Crippen LogP contribution in [0.3, 0.4) is 0 Å². The zero-order chi connectivity index (χ0) is 14.4. The van der Waals surface area contributed by atoms with E-state index in [0.717, 1.165) is 43.6 Å².